The third-order valence-corrected chi connectivity index (χ3v) is 5.44. The van der Waals surface area contributed by atoms with Crippen LogP contribution >= 0.6 is 0 Å². The molecule has 2 atom stereocenters. The van der Waals surface area contributed by atoms with Gasteiger partial charge in [-0.1, -0.05) is 24.3 Å². The normalized spacial score (nSPS) is 13.6. The van der Waals surface area contributed by atoms with Gasteiger partial charge in [0, 0.05) is 25.3 Å². The fraction of sp³-hybridized carbons (Fsp3) is 0.350. The molecule has 2 rings (SSSR count). The van der Waals surface area contributed by atoms with Crippen LogP contribution in [-0.4, -0.2) is 42.0 Å². The fourth-order valence-electron chi connectivity index (χ4n) is 2.92. The van der Waals surface area contributed by atoms with E-state index in [0.717, 1.165) is 22.7 Å². The van der Waals surface area contributed by atoms with Crippen molar-refractivity contribution in [2.24, 2.45) is 5.14 Å². The predicted molar refractivity (Wildman–Crippen MR) is 111 cm³/mol. The molecule has 4 N–H and O–H groups in total. The number of hydrogen-bond donors (Lipinski definition) is 3. The zero-order valence-corrected chi connectivity index (χ0v) is 17.6. The second kappa shape index (κ2) is 9.18. The molecular formula is C20H29N4O3S+. The second-order valence-electron chi connectivity index (χ2n) is 7.27. The van der Waals surface area contributed by atoms with Gasteiger partial charge in [-0.05, 0) is 36.8 Å². The minimum absolute atomic E-state index is 0.0549. The Kier molecular flexibility index (Phi) is 7.17. The third-order valence-electron chi connectivity index (χ3n) is 4.51. The molecule has 1 amide bonds. The van der Waals surface area contributed by atoms with Gasteiger partial charge in [-0.3, -0.25) is 4.79 Å². The lowest BCUT2D eigenvalue weighted by Crippen LogP contribution is -3.08. The Morgan fingerprint density at radius 1 is 1.11 bits per heavy atom. The van der Waals surface area contributed by atoms with Crippen LogP contribution in [0.5, 0.6) is 0 Å². The molecule has 7 nitrogen and oxygen atoms in total. The van der Waals surface area contributed by atoms with Crippen molar-refractivity contribution in [2.75, 3.05) is 32.6 Å². The van der Waals surface area contributed by atoms with E-state index in [-0.39, 0.29) is 16.8 Å². The van der Waals surface area contributed by atoms with Crippen LogP contribution in [0, 0.1) is 0 Å². The first-order valence-electron chi connectivity index (χ1n) is 9.06. The molecule has 0 aliphatic heterocycles. The van der Waals surface area contributed by atoms with Crippen LogP contribution in [-0.2, 0) is 21.4 Å². The summed E-state index contributed by atoms with van der Waals surface area (Å²) in [5, 5.41) is 8.05. The first-order valence-corrected chi connectivity index (χ1v) is 10.6. The maximum Gasteiger partial charge on any atom is 0.275 e. The van der Waals surface area contributed by atoms with Gasteiger partial charge in [0.25, 0.3) is 5.91 Å². The molecule has 0 saturated heterocycles. The molecule has 0 aliphatic carbocycles. The largest absolute Gasteiger partial charge is 0.378 e. The van der Waals surface area contributed by atoms with Gasteiger partial charge in [-0.25, -0.2) is 13.6 Å². The van der Waals surface area contributed by atoms with Gasteiger partial charge in [0.05, 0.1) is 18.0 Å². The average molecular weight is 406 g/mol. The number of anilines is 1. The Morgan fingerprint density at radius 3 is 2.18 bits per heavy atom. The summed E-state index contributed by atoms with van der Waals surface area (Å²) < 4.78 is 22.6. The fourth-order valence-corrected chi connectivity index (χ4v) is 3.43. The van der Waals surface area contributed by atoms with Crippen molar-refractivity contribution < 1.29 is 18.1 Å². The number of nitrogens with zero attached hydrogens (tertiary/aromatic N) is 1. The highest BCUT2D eigenvalue weighted by Gasteiger charge is 2.15. The quantitative estimate of drug-likeness (QED) is 0.588. The molecule has 0 spiro atoms. The van der Waals surface area contributed by atoms with E-state index in [0.29, 0.717) is 6.54 Å². The smallest absolute Gasteiger partial charge is 0.275 e. The molecule has 0 fully saturated rings. The molecule has 0 saturated carbocycles. The van der Waals surface area contributed by atoms with E-state index in [4.69, 9.17) is 5.14 Å². The number of primary sulfonamides is 1. The van der Waals surface area contributed by atoms with Crippen molar-refractivity contribution >= 4 is 21.6 Å². The molecular weight excluding hydrogens is 376 g/mol. The molecule has 152 valence electrons. The lowest BCUT2D eigenvalue weighted by atomic mass is 10.1. The van der Waals surface area contributed by atoms with Gasteiger partial charge in [-0.2, -0.15) is 0 Å². The van der Waals surface area contributed by atoms with Crippen molar-refractivity contribution in [3.05, 3.63) is 59.7 Å². The van der Waals surface area contributed by atoms with Gasteiger partial charge in [0.2, 0.25) is 10.0 Å². The third kappa shape index (κ3) is 6.33. The summed E-state index contributed by atoms with van der Waals surface area (Å²) in [6.07, 6.45) is 0. The first-order chi connectivity index (χ1) is 13.1. The van der Waals surface area contributed by atoms with Crippen molar-refractivity contribution in [1.29, 1.82) is 0 Å². The molecule has 0 radical (unpaired) electrons. The molecule has 8 heteroatoms. The maximum absolute atomic E-state index is 12.3. The molecule has 1 unspecified atom stereocenters. The number of carbonyl (C=O) groups excluding carboxylic acids is 1. The number of quaternary nitrogens is 1. The molecule has 0 aliphatic rings. The number of sulfonamides is 1. The maximum atomic E-state index is 12.3. The van der Waals surface area contributed by atoms with Crippen LogP contribution in [0.2, 0.25) is 0 Å². The second-order valence-corrected chi connectivity index (χ2v) is 8.84. The van der Waals surface area contributed by atoms with Gasteiger partial charge >= 0.3 is 0 Å². The Bertz CT molecular complexity index is 894. The Morgan fingerprint density at radius 2 is 1.68 bits per heavy atom. The highest BCUT2D eigenvalue weighted by atomic mass is 32.2. The summed E-state index contributed by atoms with van der Waals surface area (Å²) >= 11 is 0. The van der Waals surface area contributed by atoms with Crippen LogP contribution in [0.3, 0.4) is 0 Å². The zero-order valence-electron chi connectivity index (χ0n) is 16.8. The number of hydrogen-bond acceptors (Lipinski definition) is 4. The molecule has 2 aromatic rings. The number of benzene rings is 2. The molecule has 0 bridgehead atoms. The van der Waals surface area contributed by atoms with E-state index in [1.165, 1.54) is 17.7 Å². The predicted octanol–water partition coefficient (Wildman–Crippen LogP) is 0.292. The number of nitrogens with two attached hydrogens (primary N) is 1. The van der Waals surface area contributed by atoms with Crippen molar-refractivity contribution in [3.8, 4) is 0 Å². The van der Waals surface area contributed by atoms with E-state index in [1.807, 2.05) is 33.0 Å². The Hall–Kier alpha value is -2.42. The van der Waals surface area contributed by atoms with Crippen LogP contribution in [0.15, 0.2) is 53.4 Å². The van der Waals surface area contributed by atoms with Gasteiger partial charge < -0.3 is 15.1 Å². The average Bonchev–Trinajstić information content (AvgIpc) is 2.61. The molecule has 0 aromatic heterocycles. The van der Waals surface area contributed by atoms with E-state index in [2.05, 4.69) is 29.6 Å². The topological polar surface area (TPSA) is 96.9 Å². The number of amides is 1. The number of rotatable bonds is 8. The number of nitrogens with one attached hydrogen (secondary N) is 2. The molecule has 28 heavy (non-hydrogen) atoms. The zero-order chi connectivity index (χ0) is 20.9. The van der Waals surface area contributed by atoms with Crippen LogP contribution in [0.25, 0.3) is 0 Å². The van der Waals surface area contributed by atoms with Gasteiger partial charge in [0.1, 0.15) is 6.54 Å². The highest BCUT2D eigenvalue weighted by molar-refractivity contribution is 7.89. The highest BCUT2D eigenvalue weighted by Crippen LogP contribution is 2.15. The summed E-state index contributed by atoms with van der Waals surface area (Å²) in [5.74, 6) is -0.0644. The SMILES string of the molecule is C[C@@H](NC(=O)C[NH+](C)Cc1ccc(N(C)C)cc1)c1ccc(S(N)(=O)=O)cc1. The molecule has 0 heterocycles. The molecule has 2 aromatic carbocycles. The Balaban J connectivity index is 1.88. The van der Waals surface area contributed by atoms with Crippen molar-refractivity contribution in [2.45, 2.75) is 24.4 Å². The minimum atomic E-state index is -3.71. The van der Waals surface area contributed by atoms with Crippen LogP contribution in [0.4, 0.5) is 5.69 Å². The van der Waals surface area contributed by atoms with Gasteiger partial charge in [0.15, 0.2) is 6.54 Å². The Labute approximate surface area is 167 Å². The van der Waals surface area contributed by atoms with E-state index in [1.54, 1.807) is 12.1 Å². The lowest BCUT2D eigenvalue weighted by molar-refractivity contribution is -0.885. The van der Waals surface area contributed by atoms with Crippen molar-refractivity contribution in [3.63, 3.8) is 0 Å². The first kappa shape index (κ1) is 21.9. The summed E-state index contributed by atoms with van der Waals surface area (Å²) in [6, 6.07) is 14.3. The standard InChI is InChI=1S/C20H28N4O3S/c1-15(17-7-11-19(12-8-17)28(21,26)27)22-20(25)14-24(4)13-16-5-9-18(10-6-16)23(2)3/h5-12,15H,13-14H2,1-4H3,(H,22,25)(H2,21,26,27)/p+1/t15-/m1/s1. The summed E-state index contributed by atoms with van der Waals surface area (Å²) in [7, 11) is 2.26. The summed E-state index contributed by atoms with van der Waals surface area (Å²) in [5.41, 5.74) is 3.13. The van der Waals surface area contributed by atoms with Crippen LogP contribution < -0.4 is 20.3 Å². The lowest BCUT2D eigenvalue weighted by Gasteiger charge is -2.18. The monoisotopic (exact) mass is 405 g/mol. The minimum Gasteiger partial charge on any atom is -0.378 e. The van der Waals surface area contributed by atoms with E-state index >= 15 is 0 Å². The van der Waals surface area contributed by atoms with Gasteiger partial charge in [-0.15, -0.1) is 0 Å². The van der Waals surface area contributed by atoms with Crippen molar-refractivity contribution in [1.82, 2.24) is 5.32 Å². The summed E-state index contributed by atoms with van der Waals surface area (Å²) in [6.45, 7) is 2.95. The van der Waals surface area contributed by atoms with E-state index in [9.17, 15) is 13.2 Å². The number of likely N-dealkylation sites (N-methyl/N-ethyl adjacent to an activating group) is 1. The number of carbonyl (C=O) groups is 1. The van der Waals surface area contributed by atoms with Crippen LogP contribution in [0.1, 0.15) is 24.1 Å². The van der Waals surface area contributed by atoms with E-state index < -0.39 is 10.0 Å². The summed E-state index contributed by atoms with van der Waals surface area (Å²) in [4.78, 5) is 15.5.